The molecule has 0 amide bonds. The van der Waals surface area contributed by atoms with Crippen LogP contribution < -0.4 is 0 Å². The molecular formula is C18H22F12Mn2O. The van der Waals surface area contributed by atoms with E-state index in [0.29, 0.717) is 0 Å². The van der Waals surface area contributed by atoms with Gasteiger partial charge >= 0.3 is 34.1 Å². The van der Waals surface area contributed by atoms with Crippen molar-refractivity contribution in [2.24, 2.45) is 0 Å². The Kier molecular flexibility index (Phi) is 33.0. The van der Waals surface area contributed by atoms with Crippen molar-refractivity contribution in [1.29, 1.82) is 0 Å². The van der Waals surface area contributed by atoms with Crippen LogP contribution in [0.5, 0.6) is 0 Å². The normalized spacial score (nSPS) is 14.9. The molecule has 0 heterocycles. The molecule has 198 valence electrons. The molecule has 2 N–H and O–H groups in total. The number of halogens is 12. The fourth-order valence-corrected chi connectivity index (χ4v) is 2.10. The average molecular weight is 592 g/mol. The maximum absolute atomic E-state index is 11.4. The van der Waals surface area contributed by atoms with E-state index in [-0.39, 0.29) is 39.6 Å². The van der Waals surface area contributed by atoms with Crippen LogP contribution in [-0.2, 0) is 34.1 Å². The standard InChI is InChI=1S/2C5H10.2C4F6.2Mn.H2O/c2*1-2-4-5-3-1;2*5-1(3(7)8)2(6)4(9)10;;;/h2*1-5H2;;;;;1H2/q;;2*-2;2*+2;/b;;2*2-1-;;;. The van der Waals surface area contributed by atoms with Crippen LogP contribution in [0.15, 0.2) is 23.3 Å². The van der Waals surface area contributed by atoms with Crippen molar-refractivity contribution in [3.8, 4) is 0 Å². The van der Waals surface area contributed by atoms with Gasteiger partial charge in [-0.25, -0.2) is 0 Å². The minimum Gasteiger partial charge on any atom is -0.412 e. The summed E-state index contributed by atoms with van der Waals surface area (Å²) in [6.07, 6.45) is 2.58. The Morgan fingerprint density at radius 2 is 0.424 bits per heavy atom. The zero-order chi connectivity index (χ0) is 23.7. The van der Waals surface area contributed by atoms with E-state index < -0.39 is 49.0 Å². The van der Waals surface area contributed by atoms with Gasteiger partial charge in [0, 0.05) is 0 Å². The largest absolute Gasteiger partial charge is 2.00 e. The quantitative estimate of drug-likeness (QED) is 0.177. The predicted octanol–water partition coefficient (Wildman–Crippen LogP) is 9.06. The van der Waals surface area contributed by atoms with E-state index in [0.717, 1.165) is 0 Å². The van der Waals surface area contributed by atoms with Crippen LogP contribution in [0.4, 0.5) is 52.7 Å². The van der Waals surface area contributed by atoms with Crippen molar-refractivity contribution in [3.63, 3.8) is 0 Å². The summed E-state index contributed by atoms with van der Waals surface area (Å²) in [6.45, 7) is 0. The van der Waals surface area contributed by atoms with Gasteiger partial charge in [0.1, 0.15) is 0 Å². The number of allylic oxidation sites excluding steroid dienone is 4. The van der Waals surface area contributed by atoms with Crippen LogP contribution in [0.25, 0.3) is 0 Å². The summed E-state index contributed by atoms with van der Waals surface area (Å²) >= 11 is 0. The van der Waals surface area contributed by atoms with E-state index in [1.54, 1.807) is 0 Å². The minimum atomic E-state index is -3.11. The second kappa shape index (κ2) is 25.7. The van der Waals surface area contributed by atoms with Crippen LogP contribution in [0.2, 0.25) is 0 Å². The molecular weight excluding hydrogens is 570 g/mol. The van der Waals surface area contributed by atoms with Crippen LogP contribution >= 0.6 is 0 Å². The maximum atomic E-state index is 11.4. The van der Waals surface area contributed by atoms with Gasteiger partial charge in [-0.3, -0.25) is 0 Å². The Hall–Kier alpha value is -0.881. The SMILES string of the molecule is C1CCCC1.C1CCCC1.F/C(=C(\F)[C-](F)F)[C-](F)F.F/C(=C(\F)[C-](F)F)[C-](F)F.O.[Mn+2].[Mn+2]. The molecule has 2 radical (unpaired) electrons. The first-order valence-electron chi connectivity index (χ1n) is 8.77. The Balaban J connectivity index is -0.000000106. The van der Waals surface area contributed by atoms with Gasteiger partial charge in [0.15, 0.2) is 0 Å². The summed E-state index contributed by atoms with van der Waals surface area (Å²) < 4.78 is 133. The first-order valence-corrected chi connectivity index (χ1v) is 8.77. The molecule has 2 aliphatic carbocycles. The summed E-state index contributed by atoms with van der Waals surface area (Å²) in [7, 11) is 0. The molecule has 0 aliphatic heterocycles. The molecule has 2 rings (SSSR count). The third-order valence-electron chi connectivity index (χ3n) is 3.55. The zero-order valence-corrected chi connectivity index (χ0v) is 19.2. The summed E-state index contributed by atoms with van der Waals surface area (Å²) in [4.78, 5) is 0. The first-order chi connectivity index (χ1) is 13.9. The van der Waals surface area contributed by atoms with Crippen LogP contribution in [0, 0.1) is 25.7 Å². The third-order valence-corrected chi connectivity index (χ3v) is 3.55. The van der Waals surface area contributed by atoms with Gasteiger partial charge in [-0.15, -0.1) is 0 Å². The van der Waals surface area contributed by atoms with Crippen LogP contribution in [-0.4, -0.2) is 5.48 Å². The van der Waals surface area contributed by atoms with E-state index >= 15 is 0 Å². The van der Waals surface area contributed by atoms with Gasteiger partial charge in [-0.2, -0.15) is 0 Å². The molecule has 15 heteroatoms. The second-order valence-corrected chi connectivity index (χ2v) is 5.83. The van der Waals surface area contributed by atoms with E-state index in [1.165, 1.54) is 64.2 Å². The van der Waals surface area contributed by atoms with Gasteiger partial charge < -0.3 is 58.2 Å². The molecule has 0 unspecified atom stereocenters. The monoisotopic (exact) mass is 592 g/mol. The fraction of sp³-hybridized carbons (Fsp3) is 0.556. The molecule has 0 spiro atoms. The number of hydrogen-bond acceptors (Lipinski definition) is 0. The maximum Gasteiger partial charge on any atom is 2.00 e. The Morgan fingerprint density at radius 1 is 0.333 bits per heavy atom. The van der Waals surface area contributed by atoms with Crippen molar-refractivity contribution in [3.05, 3.63) is 49.0 Å². The molecule has 33 heavy (non-hydrogen) atoms. The molecule has 0 aromatic carbocycles. The van der Waals surface area contributed by atoms with E-state index in [2.05, 4.69) is 0 Å². The van der Waals surface area contributed by atoms with Crippen LogP contribution in [0.1, 0.15) is 64.2 Å². The summed E-state index contributed by atoms with van der Waals surface area (Å²) in [5, 5.41) is 0. The number of rotatable bonds is 4. The summed E-state index contributed by atoms with van der Waals surface area (Å²) in [5.74, 6) is -11.3. The molecule has 0 atom stereocenters. The van der Waals surface area contributed by atoms with Gasteiger partial charge in [0.25, 0.3) is 0 Å². The second-order valence-electron chi connectivity index (χ2n) is 5.83. The van der Waals surface area contributed by atoms with Gasteiger partial charge in [-0.05, 0) is 0 Å². The van der Waals surface area contributed by atoms with Gasteiger partial charge in [0.05, 0.1) is 25.7 Å². The Bertz CT molecular complexity index is 404. The molecule has 1 nitrogen and oxygen atoms in total. The molecule has 0 bridgehead atoms. The third kappa shape index (κ3) is 24.1. The van der Waals surface area contributed by atoms with E-state index in [4.69, 9.17) is 0 Å². The molecule has 0 aromatic heterocycles. The van der Waals surface area contributed by atoms with Crippen LogP contribution in [0.3, 0.4) is 0 Å². The van der Waals surface area contributed by atoms with Crippen molar-refractivity contribution < 1.29 is 92.3 Å². The van der Waals surface area contributed by atoms with Crippen molar-refractivity contribution in [2.75, 3.05) is 0 Å². The smallest absolute Gasteiger partial charge is 0.412 e. The first kappa shape index (κ1) is 42.3. The fourth-order valence-electron chi connectivity index (χ4n) is 2.10. The topological polar surface area (TPSA) is 31.5 Å². The van der Waals surface area contributed by atoms with E-state index in [9.17, 15) is 52.7 Å². The zero-order valence-electron chi connectivity index (χ0n) is 16.9. The van der Waals surface area contributed by atoms with Gasteiger partial charge in [0.2, 0.25) is 0 Å². The Labute approximate surface area is 205 Å². The molecule has 2 fully saturated rings. The molecule has 2 aliphatic rings. The summed E-state index contributed by atoms with van der Waals surface area (Å²) in [5.41, 5.74) is 0. The summed E-state index contributed by atoms with van der Waals surface area (Å²) in [6, 6.07) is 0. The number of hydrogen-bond donors (Lipinski definition) is 0. The van der Waals surface area contributed by atoms with Gasteiger partial charge in [-0.1, -0.05) is 87.5 Å². The van der Waals surface area contributed by atoms with E-state index in [1.807, 2.05) is 0 Å². The van der Waals surface area contributed by atoms with Crippen molar-refractivity contribution in [2.45, 2.75) is 64.2 Å². The molecule has 0 saturated heterocycles. The van der Waals surface area contributed by atoms with Crippen molar-refractivity contribution in [1.82, 2.24) is 0 Å². The average Bonchev–Trinajstić information content (AvgIpc) is 3.44. The van der Waals surface area contributed by atoms with Crippen molar-refractivity contribution >= 4 is 0 Å². The molecule has 2 saturated carbocycles. The molecule has 0 aromatic rings. The Morgan fingerprint density at radius 3 is 0.485 bits per heavy atom. The predicted molar refractivity (Wildman–Crippen MR) is 90.1 cm³/mol. The minimum absolute atomic E-state index is 0.